The molecule has 3 atom stereocenters. The number of hydrogen-bond acceptors (Lipinski definition) is 3. The molecule has 0 unspecified atom stereocenters. The molecule has 1 fully saturated rings. The summed E-state index contributed by atoms with van der Waals surface area (Å²) in [5.41, 5.74) is -0.221. The van der Waals surface area contributed by atoms with Crippen LogP contribution in [0.4, 0.5) is 0 Å². The number of carbonyl (C=O) groups is 2. The first-order chi connectivity index (χ1) is 12.5. The largest absolute Gasteiger partial charge is 0.481 e. The fourth-order valence-corrected chi connectivity index (χ4v) is 3.46. The molecule has 1 aliphatic rings. The van der Waals surface area contributed by atoms with Gasteiger partial charge in [-0.15, -0.1) is 0 Å². The SMILES string of the molecule is C=C(C(=O)O)[C@@H](CCCCCC[C@H]1O[C@@H]1CCCCCCCC)C(=O)O. The molecular weight excluding hydrogens is 332 g/mol. The Kier molecular flexibility index (Phi) is 11.3. The van der Waals surface area contributed by atoms with Crippen LogP contribution in [0.15, 0.2) is 12.2 Å². The molecule has 1 aliphatic heterocycles. The van der Waals surface area contributed by atoms with Gasteiger partial charge in [-0.1, -0.05) is 77.7 Å². The highest BCUT2D eigenvalue weighted by molar-refractivity contribution is 5.93. The molecule has 5 heteroatoms. The number of carboxylic acid groups (broad SMARTS) is 2. The van der Waals surface area contributed by atoms with E-state index in [1.165, 1.54) is 44.9 Å². The maximum Gasteiger partial charge on any atom is 0.331 e. The lowest BCUT2D eigenvalue weighted by Gasteiger charge is -2.11. The van der Waals surface area contributed by atoms with Crippen LogP contribution in [0.1, 0.15) is 90.4 Å². The zero-order chi connectivity index (χ0) is 19.4. The van der Waals surface area contributed by atoms with Gasteiger partial charge in [-0.3, -0.25) is 4.79 Å². The van der Waals surface area contributed by atoms with E-state index in [1.807, 2.05) is 0 Å². The van der Waals surface area contributed by atoms with Crippen LogP contribution in [-0.4, -0.2) is 34.4 Å². The molecule has 150 valence electrons. The second kappa shape index (κ2) is 12.9. The number of carboxylic acids is 2. The first kappa shape index (κ1) is 22.7. The lowest BCUT2D eigenvalue weighted by molar-refractivity contribution is -0.144. The summed E-state index contributed by atoms with van der Waals surface area (Å²) >= 11 is 0. The van der Waals surface area contributed by atoms with Crippen molar-refractivity contribution in [1.29, 1.82) is 0 Å². The van der Waals surface area contributed by atoms with Crippen molar-refractivity contribution in [3.05, 3.63) is 12.2 Å². The highest BCUT2D eigenvalue weighted by Gasteiger charge is 2.36. The Morgan fingerprint density at radius 3 is 1.88 bits per heavy atom. The smallest absolute Gasteiger partial charge is 0.331 e. The van der Waals surface area contributed by atoms with Crippen LogP contribution in [0.25, 0.3) is 0 Å². The molecular formula is C21H36O5. The molecule has 0 aromatic carbocycles. The van der Waals surface area contributed by atoms with Gasteiger partial charge in [0, 0.05) is 5.57 Å². The van der Waals surface area contributed by atoms with Crippen molar-refractivity contribution in [2.75, 3.05) is 0 Å². The Balaban J connectivity index is 1.97. The van der Waals surface area contributed by atoms with E-state index in [2.05, 4.69) is 13.5 Å². The van der Waals surface area contributed by atoms with Gasteiger partial charge in [-0.2, -0.15) is 0 Å². The van der Waals surface area contributed by atoms with Crippen LogP contribution in [0.3, 0.4) is 0 Å². The normalized spacial score (nSPS) is 19.9. The molecule has 0 aromatic rings. The van der Waals surface area contributed by atoms with Gasteiger partial charge in [-0.05, 0) is 19.3 Å². The van der Waals surface area contributed by atoms with Crippen LogP contribution >= 0.6 is 0 Å². The van der Waals surface area contributed by atoms with Gasteiger partial charge in [0.05, 0.1) is 18.1 Å². The van der Waals surface area contributed by atoms with Crippen molar-refractivity contribution in [3.63, 3.8) is 0 Å². The number of aliphatic carboxylic acids is 2. The standard InChI is InChI=1S/C21H36O5/c1-3-4-5-6-7-11-14-18-19(26-18)15-12-9-8-10-13-17(21(24)25)16(2)20(22)23/h17-19H,2-15H2,1H3,(H,22,23)(H,24,25)/t17-,18-,19-/m1/s1. The minimum Gasteiger partial charge on any atom is -0.481 e. The van der Waals surface area contributed by atoms with Crippen LogP contribution in [0, 0.1) is 5.92 Å². The lowest BCUT2D eigenvalue weighted by atomic mass is 9.93. The second-order valence-electron chi connectivity index (χ2n) is 7.48. The Morgan fingerprint density at radius 2 is 1.38 bits per heavy atom. The quantitative estimate of drug-likeness (QED) is 0.210. The molecule has 0 amide bonds. The lowest BCUT2D eigenvalue weighted by Crippen LogP contribution is -2.20. The first-order valence-corrected chi connectivity index (χ1v) is 10.3. The summed E-state index contributed by atoms with van der Waals surface area (Å²) in [5, 5.41) is 18.0. The van der Waals surface area contributed by atoms with E-state index >= 15 is 0 Å². The Bertz CT molecular complexity index is 446. The van der Waals surface area contributed by atoms with Crippen molar-refractivity contribution >= 4 is 11.9 Å². The Morgan fingerprint density at radius 1 is 0.885 bits per heavy atom. The van der Waals surface area contributed by atoms with Gasteiger partial charge in [0.2, 0.25) is 0 Å². The third-order valence-electron chi connectivity index (χ3n) is 5.25. The van der Waals surface area contributed by atoms with Crippen molar-refractivity contribution < 1.29 is 24.5 Å². The second-order valence-corrected chi connectivity index (χ2v) is 7.48. The summed E-state index contributed by atoms with van der Waals surface area (Å²) in [6, 6.07) is 0. The van der Waals surface area contributed by atoms with E-state index in [0.717, 1.165) is 32.1 Å². The summed E-state index contributed by atoms with van der Waals surface area (Å²) in [6.45, 7) is 5.61. The fraction of sp³-hybridized carbons (Fsp3) is 0.810. The number of epoxide rings is 1. The Hall–Kier alpha value is -1.36. The van der Waals surface area contributed by atoms with Gasteiger partial charge in [-0.25, -0.2) is 4.79 Å². The molecule has 1 heterocycles. The molecule has 0 saturated carbocycles. The van der Waals surface area contributed by atoms with Crippen LogP contribution in [-0.2, 0) is 14.3 Å². The Labute approximate surface area is 157 Å². The number of rotatable bonds is 17. The fourth-order valence-electron chi connectivity index (χ4n) is 3.46. The molecule has 0 aliphatic carbocycles. The molecule has 1 saturated heterocycles. The highest BCUT2D eigenvalue weighted by atomic mass is 16.6. The van der Waals surface area contributed by atoms with Crippen molar-refractivity contribution in [1.82, 2.24) is 0 Å². The molecule has 0 spiro atoms. The highest BCUT2D eigenvalue weighted by Crippen LogP contribution is 2.32. The minimum atomic E-state index is -1.22. The maximum absolute atomic E-state index is 11.1. The van der Waals surface area contributed by atoms with E-state index in [1.54, 1.807) is 0 Å². The van der Waals surface area contributed by atoms with Gasteiger partial charge in [0.15, 0.2) is 0 Å². The summed E-state index contributed by atoms with van der Waals surface area (Å²) in [7, 11) is 0. The average Bonchev–Trinajstić information content (AvgIpc) is 3.34. The third kappa shape index (κ3) is 9.37. The van der Waals surface area contributed by atoms with E-state index in [-0.39, 0.29) is 5.57 Å². The number of ether oxygens (including phenoxy) is 1. The number of unbranched alkanes of at least 4 members (excludes halogenated alkanes) is 8. The molecule has 2 N–H and O–H groups in total. The average molecular weight is 369 g/mol. The molecule has 0 bridgehead atoms. The van der Waals surface area contributed by atoms with E-state index in [9.17, 15) is 9.59 Å². The molecule has 0 aromatic heterocycles. The van der Waals surface area contributed by atoms with Crippen molar-refractivity contribution in [3.8, 4) is 0 Å². The predicted molar refractivity (Wildman–Crippen MR) is 102 cm³/mol. The van der Waals surface area contributed by atoms with E-state index < -0.39 is 17.9 Å². The molecule has 0 radical (unpaired) electrons. The summed E-state index contributed by atoms with van der Waals surface area (Å²) in [6.07, 6.45) is 15.2. The maximum atomic E-state index is 11.1. The van der Waals surface area contributed by atoms with Gasteiger partial charge in [0.1, 0.15) is 0 Å². The van der Waals surface area contributed by atoms with Gasteiger partial charge in [0.25, 0.3) is 0 Å². The molecule has 5 nitrogen and oxygen atoms in total. The van der Waals surface area contributed by atoms with Crippen LogP contribution in [0.2, 0.25) is 0 Å². The van der Waals surface area contributed by atoms with Gasteiger partial charge < -0.3 is 14.9 Å². The van der Waals surface area contributed by atoms with E-state index in [0.29, 0.717) is 18.6 Å². The van der Waals surface area contributed by atoms with Crippen molar-refractivity contribution in [2.45, 2.75) is 103 Å². The monoisotopic (exact) mass is 368 g/mol. The minimum absolute atomic E-state index is 0.221. The third-order valence-corrected chi connectivity index (χ3v) is 5.25. The predicted octanol–water partition coefficient (Wildman–Crippen LogP) is 5.19. The van der Waals surface area contributed by atoms with Crippen LogP contribution in [0.5, 0.6) is 0 Å². The summed E-state index contributed by atoms with van der Waals surface area (Å²) < 4.78 is 5.72. The first-order valence-electron chi connectivity index (χ1n) is 10.3. The molecule has 26 heavy (non-hydrogen) atoms. The van der Waals surface area contributed by atoms with Gasteiger partial charge >= 0.3 is 11.9 Å². The zero-order valence-corrected chi connectivity index (χ0v) is 16.3. The summed E-state index contributed by atoms with van der Waals surface area (Å²) in [5.74, 6) is -3.29. The van der Waals surface area contributed by atoms with Crippen molar-refractivity contribution in [2.24, 2.45) is 5.92 Å². The topological polar surface area (TPSA) is 87.1 Å². The zero-order valence-electron chi connectivity index (χ0n) is 16.3. The van der Waals surface area contributed by atoms with E-state index in [4.69, 9.17) is 14.9 Å². The molecule has 1 rings (SSSR count). The summed E-state index contributed by atoms with van der Waals surface area (Å²) in [4.78, 5) is 22.0. The number of hydrogen-bond donors (Lipinski definition) is 2. The van der Waals surface area contributed by atoms with Crippen LogP contribution < -0.4 is 0 Å².